The van der Waals surface area contributed by atoms with Gasteiger partial charge in [-0.3, -0.25) is 9.48 Å². The SMILES string of the molecule is Cc1nn(C)c(C)c1[C@H]1OCC[C@@H]1C(=O)Nc1nncs1. The molecule has 2 atom stereocenters. The molecular formula is C13H17N5O2S. The van der Waals surface area contributed by atoms with Gasteiger partial charge in [-0.15, -0.1) is 10.2 Å². The number of nitrogens with one attached hydrogen (secondary N) is 1. The Hall–Kier alpha value is -1.80. The van der Waals surface area contributed by atoms with E-state index >= 15 is 0 Å². The number of carbonyl (C=O) groups excluding carboxylic acids is 1. The Morgan fingerprint density at radius 3 is 2.95 bits per heavy atom. The van der Waals surface area contributed by atoms with Gasteiger partial charge in [0.1, 0.15) is 5.51 Å². The summed E-state index contributed by atoms with van der Waals surface area (Å²) in [6, 6.07) is 0. The van der Waals surface area contributed by atoms with Gasteiger partial charge in [0.15, 0.2) is 0 Å². The first-order chi connectivity index (χ1) is 10.1. The summed E-state index contributed by atoms with van der Waals surface area (Å²) in [5.41, 5.74) is 4.56. The lowest BCUT2D eigenvalue weighted by atomic mass is 9.93. The Bertz CT molecular complexity index is 652. The molecule has 2 aromatic heterocycles. The highest BCUT2D eigenvalue weighted by Crippen LogP contribution is 2.38. The van der Waals surface area contributed by atoms with E-state index in [2.05, 4.69) is 20.6 Å². The fourth-order valence-electron chi connectivity index (χ4n) is 2.77. The molecule has 1 N–H and O–H groups in total. The number of nitrogens with zero attached hydrogens (tertiary/aromatic N) is 4. The van der Waals surface area contributed by atoms with E-state index in [1.807, 2.05) is 25.6 Å². The van der Waals surface area contributed by atoms with Gasteiger partial charge in [0.05, 0.1) is 17.7 Å². The standard InChI is InChI=1S/C13H17N5O2S/c1-7-10(8(2)18(3)17-7)11-9(4-5-20-11)12(19)15-13-16-14-6-21-13/h6,9,11H,4-5H2,1-3H3,(H,15,16,19)/t9-,11-/m0/s1. The second-order valence-corrected chi connectivity index (χ2v) is 5.96. The summed E-state index contributed by atoms with van der Waals surface area (Å²) in [6.45, 7) is 4.52. The Morgan fingerprint density at radius 2 is 2.33 bits per heavy atom. The molecule has 1 aliphatic heterocycles. The van der Waals surface area contributed by atoms with Crippen molar-refractivity contribution >= 4 is 22.4 Å². The summed E-state index contributed by atoms with van der Waals surface area (Å²) >= 11 is 1.31. The van der Waals surface area contributed by atoms with Crippen LogP contribution in [0.15, 0.2) is 5.51 Å². The number of ether oxygens (including phenoxy) is 1. The molecule has 0 saturated carbocycles. The van der Waals surface area contributed by atoms with Crippen LogP contribution in [0.4, 0.5) is 5.13 Å². The van der Waals surface area contributed by atoms with E-state index in [4.69, 9.17) is 4.74 Å². The van der Waals surface area contributed by atoms with Crippen molar-refractivity contribution in [3.63, 3.8) is 0 Å². The van der Waals surface area contributed by atoms with Crippen molar-refractivity contribution in [2.24, 2.45) is 13.0 Å². The molecule has 0 spiro atoms. The van der Waals surface area contributed by atoms with Crippen molar-refractivity contribution in [3.8, 4) is 0 Å². The number of hydrogen-bond donors (Lipinski definition) is 1. The summed E-state index contributed by atoms with van der Waals surface area (Å²) in [4.78, 5) is 12.4. The van der Waals surface area contributed by atoms with Gasteiger partial charge in [-0.25, -0.2) is 0 Å². The summed E-state index contributed by atoms with van der Waals surface area (Å²) in [6.07, 6.45) is 0.454. The topological polar surface area (TPSA) is 81.9 Å². The maximum Gasteiger partial charge on any atom is 0.232 e. The molecule has 1 aliphatic rings. The van der Waals surface area contributed by atoms with E-state index in [9.17, 15) is 4.79 Å². The molecule has 0 bridgehead atoms. The Labute approximate surface area is 126 Å². The van der Waals surface area contributed by atoms with Crippen LogP contribution in [0.1, 0.15) is 29.5 Å². The van der Waals surface area contributed by atoms with E-state index in [0.29, 0.717) is 18.2 Å². The van der Waals surface area contributed by atoms with Gasteiger partial charge in [0.25, 0.3) is 0 Å². The monoisotopic (exact) mass is 307 g/mol. The zero-order chi connectivity index (χ0) is 15.0. The predicted octanol–water partition coefficient (Wildman–Crippen LogP) is 1.60. The van der Waals surface area contributed by atoms with Gasteiger partial charge >= 0.3 is 0 Å². The average Bonchev–Trinajstić information content (AvgIpc) is 3.13. The third-order valence-corrected chi connectivity index (χ3v) is 4.47. The molecule has 21 heavy (non-hydrogen) atoms. The van der Waals surface area contributed by atoms with Crippen molar-refractivity contribution in [1.29, 1.82) is 0 Å². The van der Waals surface area contributed by atoms with E-state index in [-0.39, 0.29) is 17.9 Å². The van der Waals surface area contributed by atoms with Crippen LogP contribution in [0, 0.1) is 19.8 Å². The van der Waals surface area contributed by atoms with Crippen molar-refractivity contribution < 1.29 is 9.53 Å². The van der Waals surface area contributed by atoms with Crippen LogP contribution < -0.4 is 5.32 Å². The maximum atomic E-state index is 12.4. The predicted molar refractivity (Wildman–Crippen MR) is 78.0 cm³/mol. The number of aromatic nitrogens is 4. The molecule has 2 aromatic rings. The lowest BCUT2D eigenvalue weighted by Crippen LogP contribution is -2.25. The highest BCUT2D eigenvalue weighted by molar-refractivity contribution is 7.13. The number of aryl methyl sites for hydroxylation is 2. The first-order valence-corrected chi connectivity index (χ1v) is 7.64. The minimum atomic E-state index is -0.244. The summed E-state index contributed by atoms with van der Waals surface area (Å²) in [5, 5.41) is 15.3. The quantitative estimate of drug-likeness (QED) is 0.931. The van der Waals surface area contributed by atoms with Gasteiger partial charge in [-0.05, 0) is 20.3 Å². The Balaban J connectivity index is 1.83. The van der Waals surface area contributed by atoms with E-state index in [1.54, 1.807) is 5.51 Å². The first kappa shape index (κ1) is 14.2. The minimum Gasteiger partial charge on any atom is -0.373 e. The summed E-state index contributed by atoms with van der Waals surface area (Å²) in [5.74, 6) is -0.299. The lowest BCUT2D eigenvalue weighted by Gasteiger charge is -2.18. The smallest absolute Gasteiger partial charge is 0.232 e. The van der Waals surface area contributed by atoms with E-state index < -0.39 is 0 Å². The molecule has 0 radical (unpaired) electrons. The van der Waals surface area contributed by atoms with Gasteiger partial charge in [-0.2, -0.15) is 5.10 Å². The van der Waals surface area contributed by atoms with E-state index in [0.717, 1.165) is 17.0 Å². The van der Waals surface area contributed by atoms with Crippen LogP contribution in [0.25, 0.3) is 0 Å². The molecule has 1 saturated heterocycles. The van der Waals surface area contributed by atoms with Crippen molar-refractivity contribution in [3.05, 3.63) is 22.5 Å². The van der Waals surface area contributed by atoms with Crippen LogP contribution in [0.2, 0.25) is 0 Å². The lowest BCUT2D eigenvalue weighted by molar-refractivity contribution is -0.121. The zero-order valence-corrected chi connectivity index (χ0v) is 13.0. The molecule has 1 fully saturated rings. The zero-order valence-electron chi connectivity index (χ0n) is 12.2. The second kappa shape index (κ2) is 5.53. The van der Waals surface area contributed by atoms with E-state index in [1.165, 1.54) is 11.3 Å². The molecule has 7 nitrogen and oxygen atoms in total. The molecule has 0 aliphatic carbocycles. The van der Waals surface area contributed by atoms with Crippen LogP contribution in [0.5, 0.6) is 0 Å². The number of anilines is 1. The molecule has 3 rings (SSSR count). The van der Waals surface area contributed by atoms with Crippen LogP contribution in [0.3, 0.4) is 0 Å². The number of amides is 1. The first-order valence-electron chi connectivity index (χ1n) is 6.76. The number of rotatable bonds is 3. The molecule has 1 amide bonds. The summed E-state index contributed by atoms with van der Waals surface area (Å²) in [7, 11) is 1.90. The fourth-order valence-corrected chi connectivity index (χ4v) is 3.22. The number of hydrogen-bond acceptors (Lipinski definition) is 6. The Kier molecular flexibility index (Phi) is 3.73. The molecule has 112 valence electrons. The van der Waals surface area contributed by atoms with Crippen LogP contribution >= 0.6 is 11.3 Å². The fraction of sp³-hybridized carbons (Fsp3) is 0.538. The molecule has 0 unspecified atom stereocenters. The van der Waals surface area contributed by atoms with Crippen molar-refractivity contribution in [2.75, 3.05) is 11.9 Å². The van der Waals surface area contributed by atoms with Gasteiger partial charge in [-0.1, -0.05) is 11.3 Å². The molecule has 0 aromatic carbocycles. The third kappa shape index (κ3) is 2.56. The maximum absolute atomic E-state index is 12.4. The molecule has 3 heterocycles. The number of carbonyl (C=O) groups is 1. The molecule has 8 heteroatoms. The van der Waals surface area contributed by atoms with Gasteiger partial charge < -0.3 is 10.1 Å². The average molecular weight is 307 g/mol. The highest BCUT2D eigenvalue weighted by Gasteiger charge is 2.38. The minimum absolute atomic E-state index is 0.0723. The van der Waals surface area contributed by atoms with Crippen molar-refractivity contribution in [1.82, 2.24) is 20.0 Å². The largest absolute Gasteiger partial charge is 0.373 e. The Morgan fingerprint density at radius 1 is 1.52 bits per heavy atom. The van der Waals surface area contributed by atoms with Gasteiger partial charge in [0, 0.05) is 24.9 Å². The highest BCUT2D eigenvalue weighted by atomic mass is 32.1. The third-order valence-electron chi connectivity index (χ3n) is 3.87. The summed E-state index contributed by atoms with van der Waals surface area (Å²) < 4.78 is 7.65. The van der Waals surface area contributed by atoms with Crippen LogP contribution in [-0.4, -0.2) is 32.5 Å². The van der Waals surface area contributed by atoms with Crippen molar-refractivity contribution in [2.45, 2.75) is 26.4 Å². The normalized spacial score (nSPS) is 21.7. The molecular weight excluding hydrogens is 290 g/mol. The van der Waals surface area contributed by atoms with Crippen LogP contribution in [-0.2, 0) is 16.6 Å². The second-order valence-electron chi connectivity index (χ2n) is 5.13. The van der Waals surface area contributed by atoms with Gasteiger partial charge in [0.2, 0.25) is 11.0 Å².